The Kier molecular flexibility index (Phi) is 7.45. The van der Waals surface area contributed by atoms with Crippen molar-refractivity contribution in [2.45, 2.75) is 13.0 Å². The first-order valence-electron chi connectivity index (χ1n) is 9.53. The van der Waals surface area contributed by atoms with E-state index in [1.165, 1.54) is 25.3 Å². The fourth-order valence-electron chi connectivity index (χ4n) is 3.05. The Hall–Kier alpha value is -3.59. The van der Waals surface area contributed by atoms with Crippen LogP contribution < -0.4 is 25.3 Å². The smallest absolute Gasteiger partial charge is 0.255 e. The molecule has 0 bridgehead atoms. The standard InChI is InChI=1S/C22H23FN2O6/c1-28-19-8-14(2-4-18(19)30-12-20(24)26)3-5-21(27)25-7-6-15-9-17(23)10-16-11-29-13-31-22(15)16/h2-5,8-10H,6-7,11-13H2,1H3,(H2,24,26)(H,25,27). The summed E-state index contributed by atoms with van der Waals surface area (Å²) in [4.78, 5) is 23.0. The topological polar surface area (TPSA) is 109 Å². The van der Waals surface area contributed by atoms with E-state index in [9.17, 15) is 14.0 Å². The van der Waals surface area contributed by atoms with Gasteiger partial charge >= 0.3 is 0 Å². The van der Waals surface area contributed by atoms with E-state index >= 15 is 0 Å². The van der Waals surface area contributed by atoms with Gasteiger partial charge in [0.15, 0.2) is 24.9 Å². The van der Waals surface area contributed by atoms with Crippen molar-refractivity contribution in [2.24, 2.45) is 5.73 Å². The van der Waals surface area contributed by atoms with Crippen LogP contribution in [0.15, 0.2) is 36.4 Å². The molecule has 1 heterocycles. The number of halogens is 1. The van der Waals surface area contributed by atoms with Gasteiger partial charge in [-0.1, -0.05) is 6.07 Å². The van der Waals surface area contributed by atoms with Gasteiger partial charge in [-0.3, -0.25) is 9.59 Å². The van der Waals surface area contributed by atoms with Crippen molar-refractivity contribution >= 4 is 17.9 Å². The molecule has 0 atom stereocenters. The number of hydrogen-bond acceptors (Lipinski definition) is 6. The Morgan fingerprint density at radius 1 is 1.26 bits per heavy atom. The van der Waals surface area contributed by atoms with Crippen LogP contribution in [0.4, 0.5) is 4.39 Å². The summed E-state index contributed by atoms with van der Waals surface area (Å²) in [6, 6.07) is 7.79. The van der Waals surface area contributed by atoms with Crippen LogP contribution in [0.2, 0.25) is 0 Å². The summed E-state index contributed by atoms with van der Waals surface area (Å²) in [6.45, 7) is 0.467. The molecule has 0 saturated carbocycles. The molecule has 1 aliphatic heterocycles. The number of amides is 2. The molecule has 31 heavy (non-hydrogen) atoms. The van der Waals surface area contributed by atoms with Crippen LogP contribution in [-0.4, -0.2) is 38.9 Å². The Morgan fingerprint density at radius 3 is 2.87 bits per heavy atom. The lowest BCUT2D eigenvalue weighted by molar-refractivity contribution is -0.120. The average molecular weight is 430 g/mol. The summed E-state index contributed by atoms with van der Waals surface area (Å²) < 4.78 is 34.9. The zero-order valence-corrected chi connectivity index (χ0v) is 17.0. The molecule has 8 nitrogen and oxygen atoms in total. The quantitative estimate of drug-likeness (QED) is 0.589. The van der Waals surface area contributed by atoms with E-state index < -0.39 is 5.91 Å². The minimum absolute atomic E-state index is 0.122. The summed E-state index contributed by atoms with van der Waals surface area (Å²) in [6.07, 6.45) is 3.41. The molecule has 0 fully saturated rings. The van der Waals surface area contributed by atoms with Gasteiger partial charge in [-0.05, 0) is 47.9 Å². The first kappa shape index (κ1) is 22.1. The molecular formula is C22H23FN2O6. The lowest BCUT2D eigenvalue weighted by Crippen LogP contribution is -2.24. The SMILES string of the molecule is COc1cc(C=CC(=O)NCCc2cc(F)cc3c2OCOC3)ccc1OCC(N)=O. The molecule has 2 aromatic rings. The minimum atomic E-state index is -0.596. The zero-order valence-electron chi connectivity index (χ0n) is 17.0. The molecule has 0 saturated heterocycles. The predicted octanol–water partition coefficient (Wildman–Crippen LogP) is 1.94. The predicted molar refractivity (Wildman–Crippen MR) is 110 cm³/mol. The number of hydrogen-bond donors (Lipinski definition) is 2. The van der Waals surface area contributed by atoms with E-state index in [1.54, 1.807) is 24.3 Å². The second kappa shape index (κ2) is 10.4. The fraction of sp³-hybridized carbons (Fsp3) is 0.273. The van der Waals surface area contributed by atoms with Crippen molar-refractivity contribution < 1.29 is 32.9 Å². The molecule has 164 valence electrons. The van der Waals surface area contributed by atoms with Gasteiger partial charge in [0.1, 0.15) is 11.6 Å². The molecule has 3 rings (SSSR count). The molecule has 0 aliphatic carbocycles. The second-order valence-electron chi connectivity index (χ2n) is 6.70. The first-order chi connectivity index (χ1) is 15.0. The third kappa shape index (κ3) is 6.19. The molecule has 2 amide bonds. The van der Waals surface area contributed by atoms with Gasteiger partial charge in [0.05, 0.1) is 13.7 Å². The highest BCUT2D eigenvalue weighted by Crippen LogP contribution is 2.30. The molecule has 2 aromatic carbocycles. The van der Waals surface area contributed by atoms with Crippen molar-refractivity contribution in [1.82, 2.24) is 5.32 Å². The number of rotatable bonds is 9. The van der Waals surface area contributed by atoms with Crippen LogP contribution in [0, 0.1) is 5.82 Å². The lowest BCUT2D eigenvalue weighted by Gasteiger charge is -2.20. The maximum atomic E-state index is 13.8. The Balaban J connectivity index is 1.55. The van der Waals surface area contributed by atoms with Gasteiger partial charge in [0, 0.05) is 18.2 Å². The number of methoxy groups -OCH3 is 1. The zero-order chi connectivity index (χ0) is 22.2. The number of primary amides is 1. The van der Waals surface area contributed by atoms with Crippen LogP contribution in [0.5, 0.6) is 17.2 Å². The molecule has 0 spiro atoms. The van der Waals surface area contributed by atoms with Crippen LogP contribution in [0.1, 0.15) is 16.7 Å². The van der Waals surface area contributed by atoms with Crippen LogP contribution in [0.25, 0.3) is 6.08 Å². The maximum Gasteiger partial charge on any atom is 0.255 e. The van der Waals surface area contributed by atoms with Crippen LogP contribution in [-0.2, 0) is 27.4 Å². The number of nitrogens with one attached hydrogen (secondary N) is 1. The van der Waals surface area contributed by atoms with Gasteiger partial charge in [-0.2, -0.15) is 0 Å². The van der Waals surface area contributed by atoms with E-state index in [0.29, 0.717) is 53.5 Å². The Bertz CT molecular complexity index is 992. The summed E-state index contributed by atoms with van der Waals surface area (Å²) in [5.41, 5.74) is 7.11. The van der Waals surface area contributed by atoms with Crippen molar-refractivity contribution in [3.8, 4) is 17.2 Å². The molecule has 1 aliphatic rings. The van der Waals surface area contributed by atoms with Gasteiger partial charge in [-0.15, -0.1) is 0 Å². The highest BCUT2D eigenvalue weighted by molar-refractivity contribution is 5.91. The number of nitrogens with two attached hydrogens (primary N) is 1. The van der Waals surface area contributed by atoms with Gasteiger partial charge in [-0.25, -0.2) is 4.39 Å². The molecule has 0 radical (unpaired) electrons. The Morgan fingerprint density at radius 2 is 2.10 bits per heavy atom. The molecule has 9 heteroatoms. The monoisotopic (exact) mass is 430 g/mol. The minimum Gasteiger partial charge on any atom is -0.493 e. The highest BCUT2D eigenvalue weighted by Gasteiger charge is 2.16. The van der Waals surface area contributed by atoms with E-state index in [2.05, 4.69) is 5.32 Å². The van der Waals surface area contributed by atoms with E-state index in [-0.39, 0.29) is 25.1 Å². The van der Waals surface area contributed by atoms with Crippen molar-refractivity contribution in [2.75, 3.05) is 27.1 Å². The number of benzene rings is 2. The van der Waals surface area contributed by atoms with Gasteiger partial charge in [0.2, 0.25) is 5.91 Å². The van der Waals surface area contributed by atoms with Gasteiger partial charge < -0.3 is 30.0 Å². The first-order valence-corrected chi connectivity index (χ1v) is 9.53. The van der Waals surface area contributed by atoms with E-state index in [0.717, 1.165) is 0 Å². The molecule has 0 unspecified atom stereocenters. The van der Waals surface area contributed by atoms with Crippen molar-refractivity contribution in [3.63, 3.8) is 0 Å². The number of carbonyl (C=O) groups is 2. The lowest BCUT2D eigenvalue weighted by atomic mass is 10.1. The molecule has 3 N–H and O–H groups in total. The average Bonchev–Trinajstić information content (AvgIpc) is 2.76. The fourth-order valence-corrected chi connectivity index (χ4v) is 3.05. The van der Waals surface area contributed by atoms with Crippen molar-refractivity contribution in [1.29, 1.82) is 0 Å². The Labute approximate surface area is 178 Å². The maximum absolute atomic E-state index is 13.8. The second-order valence-corrected chi connectivity index (χ2v) is 6.70. The third-order valence-electron chi connectivity index (χ3n) is 4.43. The highest BCUT2D eigenvalue weighted by atomic mass is 19.1. The molecular weight excluding hydrogens is 407 g/mol. The third-order valence-corrected chi connectivity index (χ3v) is 4.43. The summed E-state index contributed by atoms with van der Waals surface area (Å²) >= 11 is 0. The van der Waals surface area contributed by atoms with Crippen molar-refractivity contribution in [3.05, 3.63) is 58.9 Å². The summed E-state index contributed by atoms with van der Waals surface area (Å²) in [5, 5.41) is 2.76. The largest absolute Gasteiger partial charge is 0.493 e. The van der Waals surface area contributed by atoms with Crippen LogP contribution in [0.3, 0.4) is 0 Å². The van der Waals surface area contributed by atoms with Gasteiger partial charge in [0.25, 0.3) is 5.91 Å². The number of carbonyl (C=O) groups excluding carboxylic acids is 2. The normalized spacial score (nSPS) is 12.7. The number of fused-ring (bicyclic) bond motifs is 1. The van der Waals surface area contributed by atoms with E-state index in [1.807, 2.05) is 0 Å². The summed E-state index contributed by atoms with van der Waals surface area (Å²) in [5.74, 6) is 0.121. The summed E-state index contributed by atoms with van der Waals surface area (Å²) in [7, 11) is 1.47. The van der Waals surface area contributed by atoms with E-state index in [4.69, 9.17) is 24.7 Å². The number of ether oxygens (including phenoxy) is 4. The van der Waals surface area contributed by atoms with Crippen LogP contribution >= 0.6 is 0 Å². The molecule has 0 aromatic heterocycles.